The maximum absolute atomic E-state index is 12.5. The van der Waals surface area contributed by atoms with Crippen LogP contribution in [0.15, 0.2) is 68.4 Å². The molecule has 1 heterocycles. The molecule has 1 N–H and O–H groups in total. The summed E-state index contributed by atoms with van der Waals surface area (Å²) in [5.41, 5.74) is 3.24. The molecule has 0 unspecified atom stereocenters. The molecular weight excluding hydrogens is 453 g/mol. The fraction of sp³-hybridized carbons (Fsp3) is 0.158. The van der Waals surface area contributed by atoms with Gasteiger partial charge in [-0.2, -0.15) is 18.3 Å². The second-order valence-corrected chi connectivity index (χ2v) is 9.23. The number of benzene rings is 2. The Morgan fingerprint density at radius 2 is 1.70 bits per heavy atom. The van der Waals surface area contributed by atoms with Gasteiger partial charge in [-0.1, -0.05) is 77.3 Å². The first-order valence-corrected chi connectivity index (χ1v) is 11.3. The molecule has 0 aliphatic heterocycles. The van der Waals surface area contributed by atoms with Crippen LogP contribution in [-0.2, 0) is 16.7 Å². The number of carbonyl (C=O) groups excluding carboxylic acids is 1. The van der Waals surface area contributed by atoms with Gasteiger partial charge in [0.05, 0.1) is 17.5 Å². The summed E-state index contributed by atoms with van der Waals surface area (Å²) in [5.74, 6) is 0.540. The Hall–Kier alpha value is -2.37. The number of carbonyl (C=O) groups is 1. The van der Waals surface area contributed by atoms with E-state index in [4.69, 9.17) is 0 Å². The van der Waals surface area contributed by atoms with Gasteiger partial charge in [0.25, 0.3) is 5.91 Å². The van der Waals surface area contributed by atoms with Crippen molar-refractivity contribution >= 4 is 47.0 Å². The fourth-order valence-corrected chi connectivity index (χ4v) is 4.90. The van der Waals surface area contributed by atoms with Crippen molar-refractivity contribution in [1.29, 1.82) is 0 Å². The molecule has 0 saturated heterocycles. The minimum absolute atomic E-state index is 0.0995. The predicted octanol–water partition coefficient (Wildman–Crippen LogP) is 5.09. The highest BCUT2D eigenvalue weighted by Crippen LogP contribution is 2.31. The highest BCUT2D eigenvalue weighted by Gasteiger charge is 2.29. The van der Waals surface area contributed by atoms with Gasteiger partial charge in [0.15, 0.2) is 8.68 Å². The smallest absolute Gasteiger partial charge is 0.272 e. The zero-order valence-electron chi connectivity index (χ0n) is 15.3. The molecule has 5 nitrogen and oxygen atoms in total. The van der Waals surface area contributed by atoms with Crippen LogP contribution in [0.1, 0.15) is 16.7 Å². The standard InChI is InChI=1S/C19H15F3N4OS3/c20-19(21,22)15-8-6-13(7-9-15)10-23-24-16(27)12-29-18-26-25-17(30-18)28-11-14-4-2-1-3-5-14/h1-10H,11-12H2,(H,24,27). The molecule has 0 spiro atoms. The van der Waals surface area contributed by atoms with Crippen LogP contribution in [0.2, 0.25) is 0 Å². The molecule has 0 aliphatic rings. The van der Waals surface area contributed by atoms with E-state index in [0.717, 1.165) is 22.2 Å². The van der Waals surface area contributed by atoms with Crippen molar-refractivity contribution in [3.8, 4) is 0 Å². The highest BCUT2D eigenvalue weighted by molar-refractivity contribution is 8.03. The summed E-state index contributed by atoms with van der Waals surface area (Å²) in [4.78, 5) is 11.9. The number of nitrogens with one attached hydrogen (secondary N) is 1. The average Bonchev–Trinajstić information content (AvgIpc) is 3.19. The Kier molecular flexibility index (Phi) is 7.88. The van der Waals surface area contributed by atoms with Gasteiger partial charge in [-0.15, -0.1) is 10.2 Å². The van der Waals surface area contributed by atoms with Crippen LogP contribution in [0.4, 0.5) is 13.2 Å². The average molecular weight is 469 g/mol. The summed E-state index contributed by atoms with van der Waals surface area (Å²) in [6.45, 7) is 0. The molecule has 0 saturated carbocycles. The summed E-state index contributed by atoms with van der Waals surface area (Å²) in [5, 5.41) is 11.9. The van der Waals surface area contributed by atoms with Crippen molar-refractivity contribution in [3.63, 3.8) is 0 Å². The van der Waals surface area contributed by atoms with E-state index >= 15 is 0 Å². The van der Waals surface area contributed by atoms with Crippen LogP contribution in [-0.4, -0.2) is 28.1 Å². The summed E-state index contributed by atoms with van der Waals surface area (Å²) >= 11 is 4.23. The number of rotatable bonds is 8. The van der Waals surface area contributed by atoms with Crippen LogP contribution in [0.3, 0.4) is 0 Å². The summed E-state index contributed by atoms with van der Waals surface area (Å²) in [6.07, 6.45) is -3.10. The predicted molar refractivity (Wildman–Crippen MR) is 114 cm³/mol. The fourth-order valence-electron chi connectivity index (χ4n) is 2.13. The molecule has 11 heteroatoms. The molecule has 2 aromatic carbocycles. The summed E-state index contributed by atoms with van der Waals surface area (Å²) < 4.78 is 39.1. The van der Waals surface area contributed by atoms with Crippen LogP contribution >= 0.6 is 34.9 Å². The zero-order chi connectivity index (χ0) is 21.4. The lowest BCUT2D eigenvalue weighted by Gasteiger charge is -2.05. The topological polar surface area (TPSA) is 67.2 Å². The lowest BCUT2D eigenvalue weighted by molar-refractivity contribution is -0.137. The first-order valence-electron chi connectivity index (χ1n) is 8.52. The minimum Gasteiger partial charge on any atom is -0.272 e. The molecule has 0 radical (unpaired) electrons. The molecule has 1 aromatic heterocycles. The highest BCUT2D eigenvalue weighted by atomic mass is 32.2. The molecule has 1 amide bonds. The number of hydrazone groups is 1. The van der Waals surface area contributed by atoms with Crippen molar-refractivity contribution < 1.29 is 18.0 Å². The molecule has 0 fully saturated rings. The number of hydrogen-bond acceptors (Lipinski definition) is 7. The molecular formula is C19H15F3N4OS3. The van der Waals surface area contributed by atoms with E-state index in [1.807, 2.05) is 30.3 Å². The lowest BCUT2D eigenvalue weighted by Crippen LogP contribution is -2.19. The van der Waals surface area contributed by atoms with Gasteiger partial charge in [-0.05, 0) is 23.3 Å². The SMILES string of the molecule is O=C(CSc1nnc(SCc2ccccc2)s1)NN=Cc1ccc(C(F)(F)F)cc1. The van der Waals surface area contributed by atoms with Crippen molar-refractivity contribution in [2.24, 2.45) is 5.10 Å². The van der Waals surface area contributed by atoms with Crippen molar-refractivity contribution in [3.05, 3.63) is 71.3 Å². The van der Waals surface area contributed by atoms with Gasteiger partial charge in [0.2, 0.25) is 0 Å². The van der Waals surface area contributed by atoms with Gasteiger partial charge in [-0.25, -0.2) is 5.43 Å². The molecule has 0 aliphatic carbocycles. The molecule has 0 bridgehead atoms. The first-order chi connectivity index (χ1) is 14.4. The minimum atomic E-state index is -4.38. The number of hydrogen-bond donors (Lipinski definition) is 1. The second kappa shape index (κ2) is 10.6. The molecule has 3 aromatic rings. The van der Waals surface area contributed by atoms with E-state index in [2.05, 4.69) is 20.7 Å². The van der Waals surface area contributed by atoms with Gasteiger partial charge in [-0.3, -0.25) is 4.79 Å². The van der Waals surface area contributed by atoms with Crippen molar-refractivity contribution in [1.82, 2.24) is 15.6 Å². The third-order valence-electron chi connectivity index (χ3n) is 3.56. The van der Waals surface area contributed by atoms with Crippen molar-refractivity contribution in [2.75, 3.05) is 5.75 Å². The summed E-state index contributed by atoms with van der Waals surface area (Å²) in [6, 6.07) is 14.5. The van der Waals surface area contributed by atoms with Gasteiger partial charge >= 0.3 is 6.18 Å². The maximum Gasteiger partial charge on any atom is 0.416 e. The van der Waals surface area contributed by atoms with E-state index in [0.29, 0.717) is 9.90 Å². The quantitative estimate of drug-likeness (QED) is 0.283. The third kappa shape index (κ3) is 7.15. The first kappa shape index (κ1) is 22.3. The zero-order valence-corrected chi connectivity index (χ0v) is 17.7. The molecule has 0 atom stereocenters. The Morgan fingerprint density at radius 1 is 1.03 bits per heavy atom. The Bertz CT molecular complexity index is 992. The normalized spacial score (nSPS) is 11.7. The number of amides is 1. The number of nitrogens with zero attached hydrogens (tertiary/aromatic N) is 3. The van der Waals surface area contributed by atoms with Gasteiger partial charge in [0.1, 0.15) is 0 Å². The number of alkyl halides is 3. The van der Waals surface area contributed by atoms with Crippen LogP contribution in [0.25, 0.3) is 0 Å². The molecule has 156 valence electrons. The van der Waals surface area contributed by atoms with Crippen LogP contribution < -0.4 is 5.43 Å². The molecule has 30 heavy (non-hydrogen) atoms. The molecule has 3 rings (SSSR count). The Morgan fingerprint density at radius 3 is 2.37 bits per heavy atom. The largest absolute Gasteiger partial charge is 0.416 e. The lowest BCUT2D eigenvalue weighted by atomic mass is 10.1. The Balaban J connectivity index is 1.40. The number of thioether (sulfide) groups is 2. The van der Waals surface area contributed by atoms with E-state index in [1.54, 1.807) is 11.8 Å². The Labute approximate surface area is 183 Å². The van der Waals surface area contributed by atoms with Crippen LogP contribution in [0.5, 0.6) is 0 Å². The van der Waals surface area contributed by atoms with Crippen molar-refractivity contribution in [2.45, 2.75) is 20.6 Å². The number of halogens is 3. The van der Waals surface area contributed by atoms with E-state index in [9.17, 15) is 18.0 Å². The third-order valence-corrected chi connectivity index (χ3v) is 6.82. The number of aromatic nitrogens is 2. The second-order valence-electron chi connectivity index (χ2n) is 5.81. The monoisotopic (exact) mass is 468 g/mol. The van der Waals surface area contributed by atoms with Gasteiger partial charge in [0, 0.05) is 5.75 Å². The van der Waals surface area contributed by atoms with E-state index in [1.165, 1.54) is 47.0 Å². The van der Waals surface area contributed by atoms with E-state index in [-0.39, 0.29) is 11.7 Å². The summed E-state index contributed by atoms with van der Waals surface area (Å²) in [7, 11) is 0. The van der Waals surface area contributed by atoms with Gasteiger partial charge < -0.3 is 0 Å². The van der Waals surface area contributed by atoms with Crippen LogP contribution in [0, 0.1) is 0 Å². The maximum atomic E-state index is 12.5. The van der Waals surface area contributed by atoms with E-state index < -0.39 is 11.7 Å².